The summed E-state index contributed by atoms with van der Waals surface area (Å²) in [5.74, 6) is 0.374. The van der Waals surface area contributed by atoms with Crippen LogP contribution >= 0.6 is 11.8 Å². The molecule has 4 aromatic rings. The quantitative estimate of drug-likeness (QED) is 0.0129. The number of methoxy groups -OCH3 is 3. The zero-order valence-electron chi connectivity index (χ0n) is 65.1. The van der Waals surface area contributed by atoms with E-state index in [1.165, 1.54) is 272 Å². The molecule has 1 aliphatic carbocycles. The Bertz CT molecular complexity index is 3490. The summed E-state index contributed by atoms with van der Waals surface area (Å²) >= 11 is 1.35. The van der Waals surface area contributed by atoms with E-state index in [0.717, 1.165) is 30.6 Å². The molecule has 13 nitrogen and oxygen atoms in total. The van der Waals surface area contributed by atoms with Gasteiger partial charge in [-0.1, -0.05) is 256 Å². The maximum absolute atomic E-state index is 13.5. The number of ether oxygens (including phenoxy) is 3. The highest BCUT2D eigenvalue weighted by Gasteiger charge is 2.44. The molecule has 0 fully saturated rings. The molecule has 3 N–H and O–H groups in total. The average Bonchev–Trinajstić information content (AvgIpc) is 1.54. The highest BCUT2D eigenvalue weighted by atomic mass is 32.2. The summed E-state index contributed by atoms with van der Waals surface area (Å²) in [4.78, 5) is 56.1. The fourth-order valence-corrected chi connectivity index (χ4v) is 16.4. The zero-order valence-corrected chi connectivity index (χ0v) is 65.9. The third-order valence-electron chi connectivity index (χ3n) is 21.7. The van der Waals surface area contributed by atoms with Crippen molar-refractivity contribution in [2.24, 2.45) is 5.10 Å². The topological polar surface area (TPSA) is 151 Å². The molecule has 0 saturated heterocycles. The summed E-state index contributed by atoms with van der Waals surface area (Å²) in [5.41, 5.74) is 14.4. The highest BCUT2D eigenvalue weighted by molar-refractivity contribution is 7.98. The Balaban J connectivity index is 0.961. The minimum absolute atomic E-state index is 0.0799. The Morgan fingerprint density at radius 1 is 0.627 bits per heavy atom. The molecule has 0 spiro atoms. The van der Waals surface area contributed by atoms with Gasteiger partial charge in [0, 0.05) is 84.9 Å². The van der Waals surface area contributed by atoms with Crippen molar-refractivity contribution in [2.75, 3.05) is 45.6 Å². The molecule has 0 saturated carbocycles. The number of nitrogens with zero attached hydrogens (tertiary/aromatic N) is 3. The number of fused-ring (bicyclic) bond motifs is 5. The number of nitrogens with one attached hydrogen (secondary N) is 3. The lowest BCUT2D eigenvalue weighted by atomic mass is 9.81. The summed E-state index contributed by atoms with van der Waals surface area (Å²) in [6.45, 7) is 17.9. The molecule has 0 aromatic heterocycles. The van der Waals surface area contributed by atoms with Crippen LogP contribution in [-0.4, -0.2) is 74.9 Å². The number of benzene rings is 3. The first-order valence-electron chi connectivity index (χ1n) is 40.0. The molecule has 3 aliphatic rings. The smallest absolute Gasteiger partial charge is 0.240 e. The number of carbonyl (C=O) groups excluding carboxylic acids is 3. The van der Waals surface area contributed by atoms with Gasteiger partial charge in [-0.3, -0.25) is 19.2 Å². The number of hydrogen-bond acceptors (Lipinski definition) is 10. The first kappa shape index (κ1) is 82.6. The maximum atomic E-state index is 13.5. The van der Waals surface area contributed by atoms with E-state index < -0.39 is 6.04 Å². The van der Waals surface area contributed by atoms with Crippen LogP contribution in [0.25, 0.3) is 11.1 Å². The van der Waals surface area contributed by atoms with Gasteiger partial charge in [0.2, 0.25) is 29.2 Å². The Hall–Kier alpha value is -6.67. The standard InChI is InChI=1S/C88H130N6O7S/c1-12-14-16-18-20-22-24-26-27-28-29-30-31-32-33-35-37-38-40-44-60-93-75-49-43-42-48-72(75)87(4,5)79(93)50-46-51-80-88(6,7)73-62-67(54-58-76(73)94(80)61-45-41-39-36-34-25-23-21-19-17-15-13-2)64-89-81(97)52-47-53-82(98)92-90-65-71-69-55-57-74(91-66(3)95)70-63-77(96)78(102-11)59-56-68(70)83(69)85(100-9)86(101-10)84(71)99-8/h42-43,46,48-51,54,56,58-59,62-63,65,74H,12-41,44-45,47,52-53,55,57,60-61,64H2,1-11H3,(H2-,89,91,92,95,97,98)/p+1/b90-65+/t74-/m1/s1. The van der Waals surface area contributed by atoms with Gasteiger partial charge in [-0.15, -0.1) is 11.8 Å². The van der Waals surface area contributed by atoms with Crippen LogP contribution in [0.15, 0.2) is 99.4 Å². The molecule has 102 heavy (non-hydrogen) atoms. The normalized spacial score (nSPS) is 15.4. The van der Waals surface area contributed by atoms with Crippen molar-refractivity contribution >= 4 is 52.8 Å². The van der Waals surface area contributed by atoms with E-state index in [-0.39, 0.29) is 46.8 Å². The molecule has 7 rings (SSSR count). The van der Waals surface area contributed by atoms with Crippen molar-refractivity contribution < 1.29 is 33.2 Å². The summed E-state index contributed by atoms with van der Waals surface area (Å²) in [7, 11) is 4.60. The van der Waals surface area contributed by atoms with E-state index in [0.29, 0.717) is 70.2 Å². The minimum atomic E-state index is -0.480. The summed E-state index contributed by atoms with van der Waals surface area (Å²) in [5, 5.41) is 10.6. The van der Waals surface area contributed by atoms with Gasteiger partial charge in [-0.05, 0) is 104 Å². The third kappa shape index (κ3) is 23.9. The highest BCUT2D eigenvalue weighted by Crippen LogP contribution is 2.53. The monoisotopic (exact) mass is 1420 g/mol. The summed E-state index contributed by atoms with van der Waals surface area (Å²) < 4.78 is 20.5. The second kappa shape index (κ2) is 44.2. The SMILES string of the molecule is CCCCCCCCCCCCCCCCCCCCCC[N+]1=C(/C=C/C=C2\N(CCCCCCCCCCCCCC)c3ccc(CNC(=O)CCCC(=O)N/N=C/c4c5c(c(OC)c(OC)c4OC)-c4ccc(SC)c(=O)cc4[C@H](NC(C)=O)CC5)cc3C2(C)C)C(C)(C)c2ccccc21. The van der Waals surface area contributed by atoms with Gasteiger partial charge in [0.15, 0.2) is 22.6 Å². The van der Waals surface area contributed by atoms with Gasteiger partial charge in [-0.25, -0.2) is 5.43 Å². The van der Waals surface area contributed by atoms with Crippen LogP contribution in [0.3, 0.4) is 0 Å². The number of hydrazone groups is 1. The van der Waals surface area contributed by atoms with Crippen LogP contribution < -0.4 is 40.6 Å². The predicted octanol–water partition coefficient (Wildman–Crippen LogP) is 21.7. The van der Waals surface area contributed by atoms with Crippen molar-refractivity contribution in [1.29, 1.82) is 0 Å². The number of hydrogen-bond donors (Lipinski definition) is 3. The largest absolute Gasteiger partial charge is 0.492 e. The Kier molecular flexibility index (Phi) is 35.8. The van der Waals surface area contributed by atoms with E-state index in [1.807, 2.05) is 12.3 Å². The third-order valence-corrected chi connectivity index (χ3v) is 22.5. The van der Waals surface area contributed by atoms with Gasteiger partial charge < -0.3 is 29.7 Å². The lowest BCUT2D eigenvalue weighted by Crippen LogP contribution is -2.28. The van der Waals surface area contributed by atoms with Crippen LogP contribution in [0.5, 0.6) is 17.2 Å². The number of allylic oxidation sites excluding steroid dienone is 4. The molecule has 560 valence electrons. The first-order valence-corrected chi connectivity index (χ1v) is 41.3. The van der Waals surface area contributed by atoms with Gasteiger partial charge in [0.1, 0.15) is 6.54 Å². The van der Waals surface area contributed by atoms with Crippen molar-refractivity contribution in [3.8, 4) is 28.4 Å². The second-order valence-electron chi connectivity index (χ2n) is 30.2. The molecule has 14 heteroatoms. The summed E-state index contributed by atoms with van der Waals surface area (Å²) in [6, 6.07) is 20.6. The van der Waals surface area contributed by atoms with Crippen molar-refractivity contribution in [3.05, 3.63) is 128 Å². The van der Waals surface area contributed by atoms with E-state index in [4.69, 9.17) is 14.2 Å². The van der Waals surface area contributed by atoms with Crippen molar-refractivity contribution in [1.82, 2.24) is 16.1 Å². The van der Waals surface area contributed by atoms with E-state index in [2.05, 4.69) is 133 Å². The van der Waals surface area contributed by atoms with Gasteiger partial charge in [-0.2, -0.15) is 9.68 Å². The number of para-hydroxylation sites is 1. The van der Waals surface area contributed by atoms with Crippen LogP contribution in [-0.2, 0) is 38.2 Å². The lowest BCUT2D eigenvalue weighted by Gasteiger charge is -2.27. The van der Waals surface area contributed by atoms with Gasteiger partial charge in [0.25, 0.3) is 0 Å². The van der Waals surface area contributed by atoms with Crippen molar-refractivity contribution in [3.63, 3.8) is 0 Å². The molecular formula is C88H131N6O7S+. The maximum Gasteiger partial charge on any atom is 0.240 e. The van der Waals surface area contributed by atoms with Crippen LogP contribution in [0.2, 0.25) is 0 Å². The fraction of sp³-hybridized carbons (Fsp3) is 0.614. The molecular weight excluding hydrogens is 1290 g/mol. The van der Waals surface area contributed by atoms with Crippen LogP contribution in [0.4, 0.5) is 11.4 Å². The predicted molar refractivity (Wildman–Crippen MR) is 428 cm³/mol. The second-order valence-corrected chi connectivity index (χ2v) is 31.0. The average molecular weight is 1420 g/mol. The lowest BCUT2D eigenvalue weighted by molar-refractivity contribution is -0.438. The molecule has 1 atom stereocenters. The van der Waals surface area contributed by atoms with Crippen LogP contribution in [0.1, 0.15) is 319 Å². The van der Waals surface area contributed by atoms with E-state index >= 15 is 0 Å². The van der Waals surface area contributed by atoms with Gasteiger partial charge >= 0.3 is 0 Å². The summed E-state index contributed by atoms with van der Waals surface area (Å²) in [6.07, 6.45) is 55.5. The van der Waals surface area contributed by atoms with E-state index in [9.17, 15) is 19.2 Å². The molecule has 0 radical (unpaired) electrons. The van der Waals surface area contributed by atoms with Crippen molar-refractivity contribution in [2.45, 2.75) is 314 Å². The number of unbranched alkanes of at least 4 members (excludes halogenated alkanes) is 30. The number of carbonyl (C=O) groups is 3. The Morgan fingerprint density at radius 2 is 1.18 bits per heavy atom. The van der Waals surface area contributed by atoms with E-state index in [1.54, 1.807) is 19.2 Å². The number of thioether (sulfide) groups is 1. The molecule has 0 unspecified atom stereocenters. The number of amides is 3. The molecule has 4 aromatic carbocycles. The molecule has 2 heterocycles. The first-order chi connectivity index (χ1) is 49.5. The molecule has 0 bridgehead atoms. The minimum Gasteiger partial charge on any atom is -0.492 e. The Morgan fingerprint density at radius 3 is 1.74 bits per heavy atom. The van der Waals surface area contributed by atoms with Gasteiger partial charge in [0.05, 0.1) is 43.9 Å². The zero-order chi connectivity index (χ0) is 73.1. The van der Waals surface area contributed by atoms with Crippen LogP contribution in [0, 0.1) is 0 Å². The molecule has 3 amide bonds. The fourth-order valence-electron chi connectivity index (χ4n) is 15.9. The number of anilines is 1. The molecule has 2 aliphatic heterocycles. The Labute approximate surface area is 620 Å². The number of rotatable bonds is 49.